The summed E-state index contributed by atoms with van der Waals surface area (Å²) in [5.41, 5.74) is 0. The molecule has 0 aliphatic heterocycles. The van der Waals surface area contributed by atoms with Crippen molar-refractivity contribution < 1.29 is 28.6 Å². The Balaban J connectivity index is 4.36. The first-order chi connectivity index (χ1) is 32.0. The van der Waals surface area contributed by atoms with Crippen molar-refractivity contribution in [2.24, 2.45) is 0 Å². The van der Waals surface area contributed by atoms with Crippen LogP contribution in [0.2, 0.25) is 0 Å². The third kappa shape index (κ3) is 52.5. The van der Waals surface area contributed by atoms with Crippen molar-refractivity contribution in [1.29, 1.82) is 0 Å². The summed E-state index contributed by atoms with van der Waals surface area (Å²) in [6.45, 7) is 6.64. The molecule has 0 aromatic heterocycles. The molecule has 0 radical (unpaired) electrons. The van der Waals surface area contributed by atoms with Gasteiger partial charge in [0.2, 0.25) is 0 Å². The molecule has 0 heterocycles. The van der Waals surface area contributed by atoms with Gasteiger partial charge in [-0.15, -0.1) is 0 Å². The highest BCUT2D eigenvalue weighted by molar-refractivity contribution is 5.71. The van der Waals surface area contributed by atoms with E-state index < -0.39 is 6.10 Å². The quantitative estimate of drug-likeness (QED) is 0.0262. The van der Waals surface area contributed by atoms with Crippen LogP contribution in [0.25, 0.3) is 0 Å². The second kappa shape index (κ2) is 54.2. The highest BCUT2D eigenvalue weighted by Crippen LogP contribution is 2.16. The van der Waals surface area contributed by atoms with Gasteiger partial charge in [0.25, 0.3) is 0 Å². The minimum Gasteiger partial charge on any atom is -0.462 e. The van der Waals surface area contributed by atoms with E-state index in [2.05, 4.69) is 57.2 Å². The van der Waals surface area contributed by atoms with Crippen LogP contribution in [-0.2, 0) is 28.6 Å². The summed E-state index contributed by atoms with van der Waals surface area (Å²) in [6.07, 6.45) is 64.1. The summed E-state index contributed by atoms with van der Waals surface area (Å²) in [6, 6.07) is 0. The van der Waals surface area contributed by atoms with Crippen molar-refractivity contribution in [3.63, 3.8) is 0 Å². The lowest BCUT2D eigenvalue weighted by Gasteiger charge is -2.18. The topological polar surface area (TPSA) is 78.9 Å². The molecule has 0 spiro atoms. The fraction of sp³-hybridized carbons (Fsp3) is 0.847. The standard InChI is InChI=1S/C59H108O6/c1-4-7-10-13-16-19-22-25-28-29-30-32-34-37-40-43-46-49-52-58(61)64-55-56(54-63-57(60)51-48-45-42-39-36-33-27-24-21-18-15-12-9-6-3)65-59(62)53-50-47-44-41-38-35-31-26-23-20-17-14-11-8-5-2/h19,22,24,27-29,56H,4-18,20-21,23,25-26,30-55H2,1-3H3/b22-19-,27-24-,29-28-. The molecule has 0 amide bonds. The molecule has 0 rings (SSSR count). The lowest BCUT2D eigenvalue weighted by molar-refractivity contribution is -0.167. The Kier molecular flexibility index (Phi) is 52.3. The van der Waals surface area contributed by atoms with Crippen LogP contribution < -0.4 is 0 Å². The van der Waals surface area contributed by atoms with E-state index in [-0.39, 0.29) is 31.1 Å². The Morgan fingerprint density at radius 2 is 0.554 bits per heavy atom. The van der Waals surface area contributed by atoms with Crippen LogP contribution in [0.15, 0.2) is 36.5 Å². The van der Waals surface area contributed by atoms with Gasteiger partial charge < -0.3 is 14.2 Å². The van der Waals surface area contributed by atoms with Crippen LogP contribution in [0.5, 0.6) is 0 Å². The Bertz CT molecular complexity index is 1090. The Morgan fingerprint density at radius 3 is 0.877 bits per heavy atom. The smallest absolute Gasteiger partial charge is 0.306 e. The van der Waals surface area contributed by atoms with Gasteiger partial charge in [-0.3, -0.25) is 14.4 Å². The first-order valence-electron chi connectivity index (χ1n) is 28.5. The van der Waals surface area contributed by atoms with Gasteiger partial charge in [0.05, 0.1) is 0 Å². The zero-order chi connectivity index (χ0) is 47.2. The van der Waals surface area contributed by atoms with Gasteiger partial charge in [0, 0.05) is 19.3 Å². The average Bonchev–Trinajstić information content (AvgIpc) is 3.30. The summed E-state index contributed by atoms with van der Waals surface area (Å²) in [7, 11) is 0. The van der Waals surface area contributed by atoms with Crippen LogP contribution >= 0.6 is 0 Å². The Labute approximate surface area is 404 Å². The number of hydrogen-bond donors (Lipinski definition) is 0. The molecule has 65 heavy (non-hydrogen) atoms. The fourth-order valence-corrected chi connectivity index (χ4v) is 8.29. The number of rotatable bonds is 52. The van der Waals surface area contributed by atoms with Gasteiger partial charge in [0.15, 0.2) is 6.10 Å². The largest absolute Gasteiger partial charge is 0.462 e. The maximum Gasteiger partial charge on any atom is 0.306 e. The van der Waals surface area contributed by atoms with Crippen LogP contribution in [0.1, 0.15) is 303 Å². The van der Waals surface area contributed by atoms with E-state index in [0.717, 1.165) is 77.0 Å². The molecule has 0 aliphatic rings. The third-order valence-corrected chi connectivity index (χ3v) is 12.6. The number of carbonyl (C=O) groups excluding carboxylic acids is 3. The van der Waals surface area contributed by atoms with Crippen molar-refractivity contribution in [2.75, 3.05) is 13.2 Å². The first-order valence-corrected chi connectivity index (χ1v) is 28.5. The molecule has 0 bridgehead atoms. The molecule has 0 aromatic rings. The summed E-state index contributed by atoms with van der Waals surface area (Å²) in [4.78, 5) is 38.1. The normalized spacial score (nSPS) is 12.2. The van der Waals surface area contributed by atoms with E-state index in [9.17, 15) is 14.4 Å². The van der Waals surface area contributed by atoms with E-state index in [4.69, 9.17) is 14.2 Å². The number of carbonyl (C=O) groups is 3. The predicted octanol–water partition coefficient (Wildman–Crippen LogP) is 18.9. The monoisotopic (exact) mass is 913 g/mol. The van der Waals surface area contributed by atoms with Gasteiger partial charge in [0.1, 0.15) is 13.2 Å². The third-order valence-electron chi connectivity index (χ3n) is 12.6. The number of unbranched alkanes of at least 4 members (excludes halogenated alkanes) is 35. The Hall–Kier alpha value is -2.37. The van der Waals surface area contributed by atoms with Gasteiger partial charge >= 0.3 is 17.9 Å². The predicted molar refractivity (Wildman–Crippen MR) is 279 cm³/mol. The van der Waals surface area contributed by atoms with Gasteiger partial charge in [-0.25, -0.2) is 0 Å². The lowest BCUT2D eigenvalue weighted by Crippen LogP contribution is -2.30. The Morgan fingerprint density at radius 1 is 0.308 bits per heavy atom. The molecule has 380 valence electrons. The number of allylic oxidation sites excluding steroid dienone is 6. The van der Waals surface area contributed by atoms with Crippen LogP contribution in [-0.4, -0.2) is 37.2 Å². The fourth-order valence-electron chi connectivity index (χ4n) is 8.29. The van der Waals surface area contributed by atoms with Crippen LogP contribution in [0.3, 0.4) is 0 Å². The number of hydrogen-bond acceptors (Lipinski definition) is 6. The zero-order valence-electron chi connectivity index (χ0n) is 43.5. The van der Waals surface area contributed by atoms with E-state index in [1.807, 2.05) is 0 Å². The molecule has 6 nitrogen and oxygen atoms in total. The molecular weight excluding hydrogens is 805 g/mol. The molecule has 1 atom stereocenters. The van der Waals surface area contributed by atoms with E-state index in [1.165, 1.54) is 186 Å². The molecule has 1 unspecified atom stereocenters. The van der Waals surface area contributed by atoms with Crippen molar-refractivity contribution in [1.82, 2.24) is 0 Å². The summed E-state index contributed by atoms with van der Waals surface area (Å²) in [5.74, 6) is -0.875. The van der Waals surface area contributed by atoms with Gasteiger partial charge in [-0.2, -0.15) is 0 Å². The lowest BCUT2D eigenvalue weighted by atomic mass is 10.0. The van der Waals surface area contributed by atoms with Gasteiger partial charge in [-0.1, -0.05) is 243 Å². The molecule has 0 aliphatic carbocycles. The molecule has 0 N–H and O–H groups in total. The molecular formula is C59H108O6. The molecule has 0 saturated heterocycles. The second-order valence-corrected chi connectivity index (χ2v) is 19.2. The molecule has 0 aromatic carbocycles. The van der Waals surface area contributed by atoms with Crippen molar-refractivity contribution in [2.45, 2.75) is 309 Å². The van der Waals surface area contributed by atoms with Crippen molar-refractivity contribution >= 4 is 17.9 Å². The van der Waals surface area contributed by atoms with E-state index >= 15 is 0 Å². The number of esters is 3. The highest BCUT2D eigenvalue weighted by atomic mass is 16.6. The van der Waals surface area contributed by atoms with Crippen molar-refractivity contribution in [3.8, 4) is 0 Å². The first kappa shape index (κ1) is 62.6. The van der Waals surface area contributed by atoms with Gasteiger partial charge in [-0.05, 0) is 77.0 Å². The molecule has 0 saturated carbocycles. The molecule has 0 fully saturated rings. The van der Waals surface area contributed by atoms with Crippen molar-refractivity contribution in [3.05, 3.63) is 36.5 Å². The van der Waals surface area contributed by atoms with Crippen LogP contribution in [0, 0.1) is 0 Å². The molecule has 6 heteroatoms. The van der Waals surface area contributed by atoms with Crippen LogP contribution in [0.4, 0.5) is 0 Å². The summed E-state index contributed by atoms with van der Waals surface area (Å²) < 4.78 is 16.9. The highest BCUT2D eigenvalue weighted by Gasteiger charge is 2.19. The number of ether oxygens (including phenoxy) is 3. The SMILES string of the molecule is CCCCCC/C=C\C/C=C\CCCCCCCCCC(=O)OCC(COC(=O)CCCCCCC/C=C\CCCCCCC)OC(=O)CCCCCCCCCCCCCCCCC. The maximum atomic E-state index is 12.8. The minimum atomic E-state index is -0.775. The second-order valence-electron chi connectivity index (χ2n) is 19.2. The minimum absolute atomic E-state index is 0.0756. The van der Waals surface area contributed by atoms with E-state index in [0.29, 0.717) is 19.3 Å². The van der Waals surface area contributed by atoms with E-state index in [1.54, 1.807) is 0 Å². The zero-order valence-corrected chi connectivity index (χ0v) is 43.5. The summed E-state index contributed by atoms with van der Waals surface area (Å²) >= 11 is 0. The maximum absolute atomic E-state index is 12.8. The average molecular weight is 914 g/mol. The summed E-state index contributed by atoms with van der Waals surface area (Å²) in [5, 5.41) is 0.